The Hall–Kier alpha value is -0.760. The van der Waals surface area contributed by atoms with E-state index in [9.17, 15) is 5.11 Å². The highest BCUT2D eigenvalue weighted by Crippen LogP contribution is 2.42. The van der Waals surface area contributed by atoms with E-state index >= 15 is 0 Å². The van der Waals surface area contributed by atoms with Gasteiger partial charge in [-0.3, -0.25) is 0 Å². The number of aliphatic hydroxyl groups is 1. The first-order valence-electron chi connectivity index (χ1n) is 5.35. The van der Waals surface area contributed by atoms with E-state index in [1.807, 2.05) is 6.07 Å². The molecule has 1 heterocycles. The Morgan fingerprint density at radius 2 is 2.00 bits per heavy atom. The highest BCUT2D eigenvalue weighted by atomic mass is 16.3. The van der Waals surface area contributed by atoms with Crippen LogP contribution in [0.25, 0.3) is 0 Å². The topological polar surface area (TPSA) is 33.4 Å². The van der Waals surface area contributed by atoms with Gasteiger partial charge in [0.2, 0.25) is 0 Å². The van der Waals surface area contributed by atoms with Crippen molar-refractivity contribution in [2.75, 3.05) is 0 Å². The standard InChI is InChI=1S/C12H18O2/c1-9-5-10(2)7-12(13,6-9)11-3-4-14-8-11/h3-4,8-10,13H,5-7H2,1-2H3. The average Bonchev–Trinajstić information content (AvgIpc) is 2.52. The van der Waals surface area contributed by atoms with E-state index < -0.39 is 5.60 Å². The summed E-state index contributed by atoms with van der Waals surface area (Å²) in [6, 6.07) is 1.88. The summed E-state index contributed by atoms with van der Waals surface area (Å²) in [4.78, 5) is 0. The number of furan rings is 1. The highest BCUT2D eigenvalue weighted by Gasteiger charge is 2.37. The molecule has 2 rings (SSSR count). The molecule has 1 N–H and O–H groups in total. The predicted octanol–water partition coefficient (Wildman–Crippen LogP) is 2.92. The Morgan fingerprint density at radius 1 is 1.36 bits per heavy atom. The molecule has 0 spiro atoms. The van der Waals surface area contributed by atoms with E-state index in [1.54, 1.807) is 12.5 Å². The van der Waals surface area contributed by atoms with Crippen LogP contribution in [-0.4, -0.2) is 5.11 Å². The molecule has 1 aromatic rings. The Labute approximate surface area is 84.9 Å². The van der Waals surface area contributed by atoms with Gasteiger partial charge in [-0.1, -0.05) is 13.8 Å². The smallest absolute Gasteiger partial charge is 0.0963 e. The lowest BCUT2D eigenvalue weighted by Gasteiger charge is -2.38. The second-order valence-corrected chi connectivity index (χ2v) is 4.90. The van der Waals surface area contributed by atoms with Crippen LogP contribution < -0.4 is 0 Å². The van der Waals surface area contributed by atoms with Crippen molar-refractivity contribution in [3.8, 4) is 0 Å². The van der Waals surface area contributed by atoms with Crippen molar-refractivity contribution >= 4 is 0 Å². The van der Waals surface area contributed by atoms with E-state index in [4.69, 9.17) is 4.42 Å². The van der Waals surface area contributed by atoms with Crippen molar-refractivity contribution in [3.05, 3.63) is 24.2 Å². The van der Waals surface area contributed by atoms with E-state index in [0.29, 0.717) is 11.8 Å². The van der Waals surface area contributed by atoms with Gasteiger partial charge >= 0.3 is 0 Å². The summed E-state index contributed by atoms with van der Waals surface area (Å²) < 4.78 is 5.04. The molecule has 2 atom stereocenters. The average molecular weight is 194 g/mol. The molecule has 1 aliphatic rings. The third-order valence-electron chi connectivity index (χ3n) is 3.24. The van der Waals surface area contributed by atoms with E-state index in [-0.39, 0.29) is 0 Å². The second-order valence-electron chi connectivity index (χ2n) is 4.90. The maximum absolute atomic E-state index is 10.5. The first-order valence-corrected chi connectivity index (χ1v) is 5.35. The van der Waals surface area contributed by atoms with Gasteiger partial charge in [0.1, 0.15) is 0 Å². The Bertz CT molecular complexity index is 279. The molecule has 2 nitrogen and oxygen atoms in total. The number of hydrogen-bond donors (Lipinski definition) is 1. The molecule has 0 saturated heterocycles. The minimum Gasteiger partial charge on any atom is -0.472 e. The van der Waals surface area contributed by atoms with Crippen molar-refractivity contribution in [2.24, 2.45) is 11.8 Å². The highest BCUT2D eigenvalue weighted by molar-refractivity contribution is 5.17. The molecule has 78 valence electrons. The molecule has 2 heteroatoms. The van der Waals surface area contributed by atoms with Crippen molar-refractivity contribution in [2.45, 2.75) is 38.7 Å². The molecule has 0 bridgehead atoms. The lowest BCUT2D eigenvalue weighted by molar-refractivity contribution is -0.0366. The first-order chi connectivity index (χ1) is 6.60. The second kappa shape index (κ2) is 3.43. The van der Waals surface area contributed by atoms with Crippen LogP contribution in [0.2, 0.25) is 0 Å². The van der Waals surface area contributed by atoms with E-state index in [1.165, 1.54) is 6.42 Å². The molecular weight excluding hydrogens is 176 g/mol. The molecule has 0 radical (unpaired) electrons. The monoisotopic (exact) mass is 194 g/mol. The van der Waals surface area contributed by atoms with Crippen LogP contribution in [0.15, 0.2) is 23.0 Å². The fraction of sp³-hybridized carbons (Fsp3) is 0.667. The summed E-state index contributed by atoms with van der Waals surface area (Å²) >= 11 is 0. The van der Waals surface area contributed by atoms with Gasteiger partial charge in [0, 0.05) is 5.56 Å². The fourth-order valence-corrected chi connectivity index (χ4v) is 2.85. The van der Waals surface area contributed by atoms with Crippen LogP contribution >= 0.6 is 0 Å². The van der Waals surface area contributed by atoms with Crippen molar-refractivity contribution < 1.29 is 9.52 Å². The summed E-state index contributed by atoms with van der Waals surface area (Å²) in [7, 11) is 0. The van der Waals surface area contributed by atoms with Crippen LogP contribution in [0.5, 0.6) is 0 Å². The molecule has 14 heavy (non-hydrogen) atoms. The summed E-state index contributed by atoms with van der Waals surface area (Å²) in [5.41, 5.74) is 0.292. The number of hydrogen-bond acceptors (Lipinski definition) is 2. The van der Waals surface area contributed by atoms with Crippen molar-refractivity contribution in [1.82, 2.24) is 0 Å². The molecule has 0 aromatic carbocycles. The van der Waals surface area contributed by atoms with Crippen LogP contribution in [0, 0.1) is 11.8 Å². The lowest BCUT2D eigenvalue weighted by atomic mass is 9.71. The van der Waals surface area contributed by atoms with Crippen molar-refractivity contribution in [1.29, 1.82) is 0 Å². The largest absolute Gasteiger partial charge is 0.472 e. The summed E-state index contributed by atoms with van der Waals surface area (Å²) in [5.74, 6) is 1.19. The van der Waals surface area contributed by atoms with Gasteiger partial charge in [-0.15, -0.1) is 0 Å². The SMILES string of the molecule is CC1CC(C)CC(O)(c2ccoc2)C1. The summed E-state index contributed by atoms with van der Waals surface area (Å²) in [6.07, 6.45) is 6.25. The summed E-state index contributed by atoms with van der Waals surface area (Å²) in [5, 5.41) is 10.5. The van der Waals surface area contributed by atoms with Crippen molar-refractivity contribution in [3.63, 3.8) is 0 Å². The molecule has 1 aromatic heterocycles. The van der Waals surface area contributed by atoms with Gasteiger partial charge in [0.25, 0.3) is 0 Å². The minimum atomic E-state index is -0.649. The van der Waals surface area contributed by atoms with Crippen LogP contribution in [0.4, 0.5) is 0 Å². The molecule has 1 aliphatic carbocycles. The Balaban J connectivity index is 2.22. The van der Waals surface area contributed by atoms with Gasteiger partial charge in [-0.2, -0.15) is 0 Å². The van der Waals surface area contributed by atoms with Gasteiger partial charge in [0.15, 0.2) is 0 Å². The molecule has 0 amide bonds. The quantitative estimate of drug-likeness (QED) is 0.745. The Kier molecular flexibility index (Phi) is 2.40. The molecule has 1 fully saturated rings. The normalized spacial score (nSPS) is 38.5. The van der Waals surface area contributed by atoms with Crippen LogP contribution in [0.3, 0.4) is 0 Å². The van der Waals surface area contributed by atoms with Crippen LogP contribution in [0.1, 0.15) is 38.7 Å². The maximum Gasteiger partial charge on any atom is 0.0963 e. The van der Waals surface area contributed by atoms with Gasteiger partial charge in [-0.05, 0) is 37.2 Å². The molecule has 1 saturated carbocycles. The first kappa shape index (κ1) is 9.78. The molecule has 2 unspecified atom stereocenters. The zero-order valence-electron chi connectivity index (χ0n) is 8.86. The summed E-state index contributed by atoms with van der Waals surface area (Å²) in [6.45, 7) is 4.42. The molecule has 0 aliphatic heterocycles. The third-order valence-corrected chi connectivity index (χ3v) is 3.24. The van der Waals surface area contributed by atoms with Gasteiger partial charge in [0.05, 0.1) is 18.1 Å². The third kappa shape index (κ3) is 1.71. The number of rotatable bonds is 1. The zero-order valence-corrected chi connectivity index (χ0v) is 8.86. The van der Waals surface area contributed by atoms with E-state index in [0.717, 1.165) is 18.4 Å². The fourth-order valence-electron chi connectivity index (χ4n) is 2.85. The van der Waals surface area contributed by atoms with Gasteiger partial charge < -0.3 is 9.52 Å². The van der Waals surface area contributed by atoms with E-state index in [2.05, 4.69) is 13.8 Å². The minimum absolute atomic E-state index is 0.596. The Morgan fingerprint density at radius 3 is 2.50 bits per heavy atom. The molecular formula is C12H18O2. The van der Waals surface area contributed by atoms with Crippen LogP contribution in [-0.2, 0) is 5.60 Å². The zero-order chi connectivity index (χ0) is 10.2. The van der Waals surface area contributed by atoms with Gasteiger partial charge in [-0.25, -0.2) is 0 Å². The maximum atomic E-state index is 10.5. The predicted molar refractivity (Wildman–Crippen MR) is 54.8 cm³/mol. The lowest BCUT2D eigenvalue weighted by Crippen LogP contribution is -2.34.